The Morgan fingerprint density at radius 1 is 1.15 bits per heavy atom. The monoisotopic (exact) mass is 350 g/mol. The molecule has 1 N–H and O–H groups in total. The standard InChI is InChI=1S/C20H18N2O4/c23-20(21-11-13-4-6-17(7-5-13)22(24)25)10-16-12-26-19-9-15-3-1-2-14(15)8-18(16)19/h4-9,12H,1-3,10-11H2,(H,21,23). The molecule has 26 heavy (non-hydrogen) atoms. The molecule has 2 aromatic carbocycles. The van der Waals surface area contributed by atoms with Crippen LogP contribution in [0, 0.1) is 10.1 Å². The van der Waals surface area contributed by atoms with Gasteiger partial charge in [-0.05, 0) is 48.1 Å². The molecular formula is C20H18N2O4. The summed E-state index contributed by atoms with van der Waals surface area (Å²) in [4.78, 5) is 22.5. The highest BCUT2D eigenvalue weighted by Gasteiger charge is 2.16. The highest BCUT2D eigenvalue weighted by molar-refractivity contribution is 5.88. The molecule has 0 saturated heterocycles. The van der Waals surface area contributed by atoms with Gasteiger partial charge in [-0.1, -0.05) is 12.1 Å². The van der Waals surface area contributed by atoms with Gasteiger partial charge in [-0.15, -0.1) is 0 Å². The molecule has 6 nitrogen and oxygen atoms in total. The van der Waals surface area contributed by atoms with E-state index >= 15 is 0 Å². The predicted molar refractivity (Wildman–Crippen MR) is 96.9 cm³/mol. The van der Waals surface area contributed by atoms with E-state index in [1.807, 2.05) is 0 Å². The Hall–Kier alpha value is -3.15. The van der Waals surface area contributed by atoms with Gasteiger partial charge in [0, 0.05) is 29.6 Å². The van der Waals surface area contributed by atoms with Crippen molar-refractivity contribution >= 4 is 22.6 Å². The van der Waals surface area contributed by atoms with Crippen LogP contribution in [-0.4, -0.2) is 10.8 Å². The van der Waals surface area contributed by atoms with Crippen LogP contribution in [0.2, 0.25) is 0 Å². The SMILES string of the molecule is O=C(Cc1coc2cc3c(cc12)CCC3)NCc1ccc([N+](=O)[O-])cc1. The molecule has 0 unspecified atom stereocenters. The second-order valence-electron chi connectivity index (χ2n) is 6.61. The number of nitrogens with one attached hydrogen (secondary N) is 1. The highest BCUT2D eigenvalue weighted by Crippen LogP contribution is 2.30. The van der Waals surface area contributed by atoms with E-state index in [-0.39, 0.29) is 18.0 Å². The number of non-ortho nitro benzene ring substituents is 1. The minimum absolute atomic E-state index is 0.0393. The van der Waals surface area contributed by atoms with Gasteiger partial charge in [-0.2, -0.15) is 0 Å². The van der Waals surface area contributed by atoms with Crippen molar-refractivity contribution in [3.63, 3.8) is 0 Å². The molecule has 1 amide bonds. The molecule has 0 atom stereocenters. The number of amides is 1. The Labute approximate surface area is 150 Å². The number of aryl methyl sites for hydroxylation is 2. The van der Waals surface area contributed by atoms with Gasteiger partial charge in [0.25, 0.3) is 5.69 Å². The van der Waals surface area contributed by atoms with E-state index in [9.17, 15) is 14.9 Å². The van der Waals surface area contributed by atoms with Gasteiger partial charge >= 0.3 is 0 Å². The average Bonchev–Trinajstić information content (AvgIpc) is 3.25. The van der Waals surface area contributed by atoms with Crippen LogP contribution in [0.4, 0.5) is 5.69 Å². The fourth-order valence-corrected chi connectivity index (χ4v) is 3.46. The summed E-state index contributed by atoms with van der Waals surface area (Å²) in [6.45, 7) is 0.335. The number of benzene rings is 2. The summed E-state index contributed by atoms with van der Waals surface area (Å²) in [6.07, 6.45) is 5.26. The molecule has 0 spiro atoms. The summed E-state index contributed by atoms with van der Waals surface area (Å²) < 4.78 is 5.63. The number of nitro benzene ring substituents is 1. The topological polar surface area (TPSA) is 85.4 Å². The van der Waals surface area contributed by atoms with Gasteiger partial charge < -0.3 is 9.73 Å². The van der Waals surface area contributed by atoms with E-state index in [1.165, 1.54) is 29.7 Å². The molecule has 0 aliphatic heterocycles. The summed E-state index contributed by atoms with van der Waals surface area (Å²) in [6, 6.07) is 10.4. The maximum Gasteiger partial charge on any atom is 0.269 e. The van der Waals surface area contributed by atoms with E-state index in [1.54, 1.807) is 18.4 Å². The van der Waals surface area contributed by atoms with Gasteiger partial charge in [0.2, 0.25) is 5.91 Å². The van der Waals surface area contributed by atoms with Crippen LogP contribution in [0.5, 0.6) is 0 Å². The Kier molecular flexibility index (Phi) is 4.16. The summed E-state index contributed by atoms with van der Waals surface area (Å²) >= 11 is 0. The van der Waals surface area contributed by atoms with Crippen LogP contribution < -0.4 is 5.32 Å². The maximum absolute atomic E-state index is 12.3. The van der Waals surface area contributed by atoms with E-state index < -0.39 is 4.92 Å². The molecule has 6 heteroatoms. The Balaban J connectivity index is 1.42. The lowest BCUT2D eigenvalue weighted by atomic mass is 10.0. The van der Waals surface area contributed by atoms with Crippen molar-refractivity contribution in [2.75, 3.05) is 0 Å². The molecule has 1 aromatic heterocycles. The summed E-state index contributed by atoms with van der Waals surface area (Å²) in [7, 11) is 0. The lowest BCUT2D eigenvalue weighted by Crippen LogP contribution is -2.24. The fraction of sp³-hybridized carbons (Fsp3) is 0.250. The number of carbonyl (C=O) groups excluding carboxylic acids is 1. The summed E-state index contributed by atoms with van der Waals surface area (Å²) in [5.41, 5.74) is 5.28. The largest absolute Gasteiger partial charge is 0.464 e. The molecular weight excluding hydrogens is 332 g/mol. The van der Waals surface area contributed by atoms with Gasteiger partial charge in [0.15, 0.2) is 0 Å². The van der Waals surface area contributed by atoms with E-state index in [0.717, 1.165) is 34.9 Å². The number of carbonyl (C=O) groups is 1. The quantitative estimate of drug-likeness (QED) is 0.562. The number of furan rings is 1. The highest BCUT2D eigenvalue weighted by atomic mass is 16.6. The smallest absolute Gasteiger partial charge is 0.269 e. The zero-order chi connectivity index (χ0) is 18.1. The van der Waals surface area contributed by atoms with E-state index in [2.05, 4.69) is 17.4 Å². The van der Waals surface area contributed by atoms with Crippen LogP contribution in [0.25, 0.3) is 11.0 Å². The average molecular weight is 350 g/mol. The van der Waals surface area contributed by atoms with Crippen LogP contribution in [0.1, 0.15) is 28.7 Å². The van der Waals surface area contributed by atoms with Crippen molar-refractivity contribution < 1.29 is 14.1 Å². The number of hydrogen-bond acceptors (Lipinski definition) is 4. The normalized spacial score (nSPS) is 12.9. The van der Waals surface area contributed by atoms with Gasteiger partial charge in [0.1, 0.15) is 5.58 Å². The van der Waals surface area contributed by atoms with Crippen LogP contribution in [0.15, 0.2) is 47.1 Å². The Morgan fingerprint density at radius 3 is 2.62 bits per heavy atom. The molecule has 0 fully saturated rings. The van der Waals surface area contributed by atoms with Crippen LogP contribution in [-0.2, 0) is 30.6 Å². The lowest BCUT2D eigenvalue weighted by Gasteiger charge is -2.05. The van der Waals surface area contributed by atoms with Crippen LogP contribution in [0.3, 0.4) is 0 Å². The third kappa shape index (κ3) is 3.18. The summed E-state index contributed by atoms with van der Waals surface area (Å²) in [5, 5.41) is 14.5. The van der Waals surface area contributed by atoms with E-state index in [4.69, 9.17) is 4.42 Å². The number of hydrogen-bond donors (Lipinski definition) is 1. The number of rotatable bonds is 5. The van der Waals surface area contributed by atoms with Crippen molar-refractivity contribution in [2.24, 2.45) is 0 Å². The van der Waals surface area contributed by atoms with Crippen molar-refractivity contribution in [1.82, 2.24) is 5.32 Å². The Bertz CT molecular complexity index is 989. The van der Waals surface area contributed by atoms with Crippen molar-refractivity contribution in [3.05, 3.63) is 75.0 Å². The molecule has 0 saturated carbocycles. The number of nitrogens with zero attached hydrogens (tertiary/aromatic N) is 1. The fourth-order valence-electron chi connectivity index (χ4n) is 3.46. The first-order chi connectivity index (χ1) is 12.6. The first kappa shape index (κ1) is 16.3. The van der Waals surface area contributed by atoms with Gasteiger partial charge in [0.05, 0.1) is 17.6 Å². The molecule has 4 rings (SSSR count). The van der Waals surface area contributed by atoms with Gasteiger partial charge in [-0.3, -0.25) is 14.9 Å². The third-order valence-corrected chi connectivity index (χ3v) is 4.86. The van der Waals surface area contributed by atoms with Crippen molar-refractivity contribution in [2.45, 2.75) is 32.2 Å². The second-order valence-corrected chi connectivity index (χ2v) is 6.61. The molecule has 1 heterocycles. The molecule has 0 radical (unpaired) electrons. The number of nitro groups is 1. The first-order valence-corrected chi connectivity index (χ1v) is 8.62. The zero-order valence-corrected chi connectivity index (χ0v) is 14.2. The molecule has 1 aliphatic carbocycles. The van der Waals surface area contributed by atoms with Gasteiger partial charge in [-0.25, -0.2) is 0 Å². The zero-order valence-electron chi connectivity index (χ0n) is 14.2. The number of fused-ring (bicyclic) bond motifs is 2. The molecule has 132 valence electrons. The van der Waals surface area contributed by atoms with Crippen molar-refractivity contribution in [3.8, 4) is 0 Å². The minimum Gasteiger partial charge on any atom is -0.464 e. The third-order valence-electron chi connectivity index (χ3n) is 4.86. The summed E-state index contributed by atoms with van der Waals surface area (Å²) in [5.74, 6) is -0.105. The molecule has 3 aromatic rings. The van der Waals surface area contributed by atoms with Crippen LogP contribution >= 0.6 is 0 Å². The molecule has 1 aliphatic rings. The Morgan fingerprint density at radius 2 is 1.88 bits per heavy atom. The molecule has 0 bridgehead atoms. The van der Waals surface area contributed by atoms with Crippen molar-refractivity contribution in [1.29, 1.82) is 0 Å². The predicted octanol–water partition coefficient (Wildman–Crippen LogP) is 3.69. The lowest BCUT2D eigenvalue weighted by molar-refractivity contribution is -0.384. The first-order valence-electron chi connectivity index (χ1n) is 8.62. The second kappa shape index (κ2) is 6.63. The minimum atomic E-state index is -0.441. The van der Waals surface area contributed by atoms with E-state index in [0.29, 0.717) is 6.54 Å². The maximum atomic E-state index is 12.3.